The molecule has 7 rings (SSSR count). The van der Waals surface area contributed by atoms with Crippen molar-refractivity contribution in [2.24, 2.45) is 9.98 Å². The Labute approximate surface area is 280 Å². The van der Waals surface area contributed by atoms with E-state index in [-0.39, 0.29) is 11.5 Å². The van der Waals surface area contributed by atoms with Gasteiger partial charge in [-0.05, 0) is 80.9 Å². The molecule has 0 amide bonds. The van der Waals surface area contributed by atoms with E-state index in [1.807, 2.05) is 133 Å². The Morgan fingerprint density at radius 3 is 1.02 bits per heavy atom. The van der Waals surface area contributed by atoms with E-state index in [9.17, 15) is 10.2 Å². The van der Waals surface area contributed by atoms with E-state index in [0.29, 0.717) is 22.5 Å². The van der Waals surface area contributed by atoms with Gasteiger partial charge in [-0.2, -0.15) is 0 Å². The molecule has 0 saturated carbocycles. The molecule has 230 valence electrons. The van der Waals surface area contributed by atoms with E-state index in [1.54, 1.807) is 24.6 Å². The summed E-state index contributed by atoms with van der Waals surface area (Å²) in [6, 6.07) is 55.6. The van der Waals surface area contributed by atoms with E-state index in [1.165, 1.54) is 0 Å². The summed E-state index contributed by atoms with van der Waals surface area (Å²) in [4.78, 5) is 9.86. The van der Waals surface area contributed by atoms with Crippen molar-refractivity contribution in [3.8, 4) is 56.0 Å². The molecule has 0 fully saturated rings. The molecule has 0 spiro atoms. The summed E-state index contributed by atoms with van der Waals surface area (Å²) in [6.07, 6.45) is 3.36. The number of phenolic OH excluding ortho intramolecular Hbond substituents is 2. The van der Waals surface area contributed by atoms with Gasteiger partial charge in [0.05, 0.1) is 11.4 Å². The average molecular weight is 621 g/mol. The molecule has 4 nitrogen and oxygen atoms in total. The number of hydrogen-bond donors (Lipinski definition) is 2. The molecule has 0 aliphatic heterocycles. The van der Waals surface area contributed by atoms with Crippen LogP contribution in [0.25, 0.3) is 44.5 Å². The van der Waals surface area contributed by atoms with Gasteiger partial charge in [0.15, 0.2) is 0 Å². The molecule has 7 aromatic carbocycles. The molecule has 0 atom stereocenters. The first-order valence-corrected chi connectivity index (χ1v) is 15.8. The van der Waals surface area contributed by atoms with E-state index in [0.717, 1.165) is 44.5 Å². The second-order valence-electron chi connectivity index (χ2n) is 11.4. The minimum atomic E-state index is 0.135. The molecule has 0 bridgehead atoms. The fraction of sp³-hybridized carbons (Fsp3) is 0. The van der Waals surface area contributed by atoms with Gasteiger partial charge in [-0.3, -0.25) is 9.98 Å². The third-order valence-corrected chi connectivity index (χ3v) is 8.24. The summed E-state index contributed by atoms with van der Waals surface area (Å²) >= 11 is 0. The number of benzene rings is 7. The molecule has 0 aliphatic rings. The molecule has 4 heteroatoms. The van der Waals surface area contributed by atoms with Gasteiger partial charge in [0.25, 0.3) is 0 Å². The van der Waals surface area contributed by atoms with Crippen molar-refractivity contribution >= 4 is 23.8 Å². The Bertz CT molecular complexity index is 2070. The van der Waals surface area contributed by atoms with Crippen LogP contribution in [0.5, 0.6) is 11.5 Å². The topological polar surface area (TPSA) is 65.2 Å². The maximum absolute atomic E-state index is 10.8. The lowest BCUT2D eigenvalue weighted by molar-refractivity contribution is 0.474. The van der Waals surface area contributed by atoms with Crippen LogP contribution in [0.1, 0.15) is 11.1 Å². The lowest BCUT2D eigenvalue weighted by Crippen LogP contribution is -1.89. The van der Waals surface area contributed by atoms with Gasteiger partial charge in [-0.1, -0.05) is 133 Å². The van der Waals surface area contributed by atoms with Crippen molar-refractivity contribution in [2.45, 2.75) is 0 Å². The van der Waals surface area contributed by atoms with Crippen LogP contribution in [-0.2, 0) is 0 Å². The fourth-order valence-corrected chi connectivity index (χ4v) is 5.71. The third-order valence-electron chi connectivity index (χ3n) is 8.24. The van der Waals surface area contributed by atoms with E-state index in [2.05, 4.69) is 24.3 Å². The predicted octanol–water partition coefficient (Wildman–Crippen LogP) is 11.3. The van der Waals surface area contributed by atoms with E-state index < -0.39 is 0 Å². The number of phenols is 2. The van der Waals surface area contributed by atoms with Crippen LogP contribution in [0.3, 0.4) is 0 Å². The first-order valence-electron chi connectivity index (χ1n) is 15.8. The molecule has 0 heterocycles. The van der Waals surface area contributed by atoms with Crippen molar-refractivity contribution in [2.75, 3.05) is 0 Å². The zero-order valence-electron chi connectivity index (χ0n) is 26.1. The van der Waals surface area contributed by atoms with E-state index >= 15 is 0 Å². The normalized spacial score (nSPS) is 11.3. The molecular formula is C44H32N2O2. The minimum Gasteiger partial charge on any atom is -0.507 e. The Hall–Kier alpha value is -6.52. The Morgan fingerprint density at radius 1 is 0.333 bits per heavy atom. The monoisotopic (exact) mass is 620 g/mol. The Balaban J connectivity index is 1.37. The highest BCUT2D eigenvalue weighted by Gasteiger charge is 2.14. The Kier molecular flexibility index (Phi) is 8.70. The molecule has 0 saturated heterocycles. The molecular weight excluding hydrogens is 588 g/mol. The van der Waals surface area contributed by atoms with Gasteiger partial charge >= 0.3 is 0 Å². The standard InChI is InChI=1S/C44H32N2O2/c47-43-23-21-35(31-13-5-1-6-14-31)25-37(43)29-45-41-27-39(33-17-9-3-10-18-33)40(34-19-11-4-12-20-34)28-42(41)46-30-38-26-36(22-24-44(38)48)32-15-7-2-8-16-32/h1-30,47-48H. The molecule has 0 radical (unpaired) electrons. The lowest BCUT2D eigenvalue weighted by atomic mass is 9.93. The molecule has 0 unspecified atom stereocenters. The largest absolute Gasteiger partial charge is 0.507 e. The summed E-state index contributed by atoms with van der Waals surface area (Å²) < 4.78 is 0. The first kappa shape index (κ1) is 30.2. The van der Waals surface area contributed by atoms with Crippen molar-refractivity contribution in [3.63, 3.8) is 0 Å². The van der Waals surface area contributed by atoms with Crippen molar-refractivity contribution in [1.29, 1.82) is 0 Å². The highest BCUT2D eigenvalue weighted by atomic mass is 16.3. The first-order chi connectivity index (χ1) is 23.6. The molecule has 0 aromatic heterocycles. The van der Waals surface area contributed by atoms with Crippen molar-refractivity contribution in [1.82, 2.24) is 0 Å². The highest BCUT2D eigenvalue weighted by molar-refractivity contribution is 5.95. The number of nitrogens with zero attached hydrogens (tertiary/aromatic N) is 2. The van der Waals surface area contributed by atoms with Crippen molar-refractivity contribution < 1.29 is 10.2 Å². The molecule has 7 aromatic rings. The molecule has 48 heavy (non-hydrogen) atoms. The van der Waals surface area contributed by atoms with Crippen LogP contribution in [-0.4, -0.2) is 22.6 Å². The number of aromatic hydroxyl groups is 2. The molecule has 2 N–H and O–H groups in total. The number of hydrogen-bond acceptors (Lipinski definition) is 4. The van der Waals surface area contributed by atoms with Gasteiger partial charge in [0.1, 0.15) is 11.5 Å². The quantitative estimate of drug-likeness (QED) is 0.166. The number of aliphatic imine (C=N–C) groups is 2. The maximum atomic E-state index is 10.8. The summed E-state index contributed by atoms with van der Waals surface area (Å²) in [5.41, 5.74) is 10.6. The number of rotatable bonds is 8. The third kappa shape index (κ3) is 6.69. The zero-order chi connectivity index (χ0) is 32.7. The summed E-state index contributed by atoms with van der Waals surface area (Å²) in [6.45, 7) is 0. The van der Waals surface area contributed by atoms with Crippen LogP contribution >= 0.6 is 0 Å². The van der Waals surface area contributed by atoms with Gasteiger partial charge in [-0.15, -0.1) is 0 Å². The van der Waals surface area contributed by atoms with E-state index in [4.69, 9.17) is 9.98 Å². The average Bonchev–Trinajstić information content (AvgIpc) is 3.15. The zero-order valence-corrected chi connectivity index (χ0v) is 26.1. The fourth-order valence-electron chi connectivity index (χ4n) is 5.71. The van der Waals surface area contributed by atoms with Crippen LogP contribution in [0, 0.1) is 0 Å². The summed E-state index contributed by atoms with van der Waals surface area (Å²) in [7, 11) is 0. The second kappa shape index (κ2) is 13.9. The lowest BCUT2D eigenvalue weighted by Gasteiger charge is -2.14. The van der Waals surface area contributed by atoms with Gasteiger partial charge < -0.3 is 10.2 Å². The summed E-state index contributed by atoms with van der Waals surface area (Å²) in [5, 5.41) is 21.6. The second-order valence-corrected chi connectivity index (χ2v) is 11.4. The van der Waals surface area contributed by atoms with Gasteiger partial charge in [0.2, 0.25) is 0 Å². The van der Waals surface area contributed by atoms with Gasteiger partial charge in [0, 0.05) is 23.6 Å². The Morgan fingerprint density at radius 2 is 0.667 bits per heavy atom. The maximum Gasteiger partial charge on any atom is 0.124 e. The smallest absolute Gasteiger partial charge is 0.124 e. The van der Waals surface area contributed by atoms with Gasteiger partial charge in [-0.25, -0.2) is 0 Å². The highest BCUT2D eigenvalue weighted by Crippen LogP contribution is 2.41. The SMILES string of the molecule is Oc1ccc(-c2ccccc2)cc1C=Nc1cc(-c2ccccc2)c(-c2ccccc2)cc1N=Cc1cc(-c2ccccc2)ccc1O. The van der Waals surface area contributed by atoms with Crippen LogP contribution in [0.2, 0.25) is 0 Å². The summed E-state index contributed by atoms with van der Waals surface area (Å²) in [5.74, 6) is 0.269. The predicted molar refractivity (Wildman–Crippen MR) is 199 cm³/mol. The minimum absolute atomic E-state index is 0.135. The van der Waals surface area contributed by atoms with Crippen LogP contribution < -0.4 is 0 Å². The van der Waals surface area contributed by atoms with Crippen LogP contribution in [0.15, 0.2) is 180 Å². The van der Waals surface area contributed by atoms with Crippen molar-refractivity contribution in [3.05, 3.63) is 181 Å². The molecule has 0 aliphatic carbocycles. The van der Waals surface area contributed by atoms with Crippen LogP contribution in [0.4, 0.5) is 11.4 Å².